The average Bonchev–Trinajstić information content (AvgIpc) is 1.77. The van der Waals surface area contributed by atoms with Gasteiger partial charge in [-0.25, -0.2) is 0 Å². The number of rotatable bonds is 0. The summed E-state index contributed by atoms with van der Waals surface area (Å²) in [4.78, 5) is 3.93. The topological polar surface area (TPSA) is 32.6 Å². The van der Waals surface area contributed by atoms with E-state index in [-0.39, 0.29) is 5.76 Å². The Kier molecular flexibility index (Phi) is 1.68. The average molecular weight is 176 g/mol. The zero-order valence-corrected chi connectivity index (χ0v) is 5.85. The molecule has 3 heteroatoms. The van der Waals surface area contributed by atoms with Crippen molar-refractivity contribution < 1.29 is 5.11 Å². The summed E-state index contributed by atoms with van der Waals surface area (Å²) in [6.45, 7) is 0.782. The van der Waals surface area contributed by atoms with Crippen molar-refractivity contribution in [2.75, 3.05) is 6.54 Å². The molecule has 0 saturated heterocycles. The highest BCUT2D eigenvalue weighted by atomic mass is 79.9. The van der Waals surface area contributed by atoms with Crippen molar-refractivity contribution in [1.29, 1.82) is 0 Å². The minimum absolute atomic E-state index is 0.260. The lowest BCUT2D eigenvalue weighted by atomic mass is 10.3. The summed E-state index contributed by atoms with van der Waals surface area (Å²) in [6.07, 6.45) is 2.60. The van der Waals surface area contributed by atoms with Gasteiger partial charge in [-0.1, -0.05) is 0 Å². The maximum atomic E-state index is 8.86. The van der Waals surface area contributed by atoms with Gasteiger partial charge in [-0.15, -0.1) is 0 Å². The third kappa shape index (κ3) is 1.10. The molecule has 1 N–H and O–H groups in total. The molecule has 0 fully saturated rings. The number of hydrogen-bond acceptors (Lipinski definition) is 2. The molecule has 0 aromatic rings. The van der Waals surface area contributed by atoms with E-state index in [1.807, 2.05) is 0 Å². The minimum Gasteiger partial charge on any atom is -0.505 e. The van der Waals surface area contributed by atoms with Gasteiger partial charge in [0.05, 0.1) is 0 Å². The van der Waals surface area contributed by atoms with Gasteiger partial charge < -0.3 is 5.11 Å². The van der Waals surface area contributed by atoms with Crippen molar-refractivity contribution in [2.24, 2.45) is 4.99 Å². The Morgan fingerprint density at radius 3 is 2.88 bits per heavy atom. The first-order valence-corrected chi connectivity index (χ1v) is 3.19. The molecule has 0 aromatic heterocycles. The molecule has 0 radical (unpaired) electrons. The molecular formula is C5H6BrNO. The highest BCUT2D eigenvalue weighted by Crippen LogP contribution is 2.07. The first-order chi connectivity index (χ1) is 3.80. The Morgan fingerprint density at radius 1 is 1.75 bits per heavy atom. The number of aliphatic hydroxyl groups is 1. The second-order valence-electron chi connectivity index (χ2n) is 1.55. The minimum atomic E-state index is 0.260. The van der Waals surface area contributed by atoms with Gasteiger partial charge in [-0.05, 0) is 28.4 Å². The van der Waals surface area contributed by atoms with Crippen molar-refractivity contribution >= 4 is 20.6 Å². The summed E-state index contributed by atoms with van der Waals surface area (Å²) in [5.41, 5.74) is 0. The highest BCUT2D eigenvalue weighted by molar-refractivity contribution is 9.18. The molecule has 0 atom stereocenters. The van der Waals surface area contributed by atoms with Crippen LogP contribution in [0.5, 0.6) is 0 Å². The molecule has 1 heterocycles. The van der Waals surface area contributed by atoms with Crippen LogP contribution in [-0.2, 0) is 0 Å². The lowest BCUT2D eigenvalue weighted by Crippen LogP contribution is -1.99. The molecule has 0 bridgehead atoms. The second-order valence-corrected chi connectivity index (χ2v) is 2.30. The van der Waals surface area contributed by atoms with Crippen LogP contribution in [0.15, 0.2) is 16.8 Å². The van der Waals surface area contributed by atoms with Crippen molar-refractivity contribution in [2.45, 2.75) is 6.42 Å². The third-order valence-electron chi connectivity index (χ3n) is 0.929. The molecule has 1 rings (SSSR count). The Morgan fingerprint density at radius 2 is 2.50 bits per heavy atom. The molecule has 0 aromatic carbocycles. The first-order valence-electron chi connectivity index (χ1n) is 2.40. The predicted octanol–water partition coefficient (Wildman–Crippen LogP) is 1.63. The van der Waals surface area contributed by atoms with Crippen LogP contribution in [0.3, 0.4) is 0 Å². The van der Waals surface area contributed by atoms with Gasteiger partial charge >= 0.3 is 0 Å². The largest absolute Gasteiger partial charge is 0.505 e. The number of allylic oxidation sites excluding steroid dienone is 1. The highest BCUT2D eigenvalue weighted by Gasteiger charge is 2.02. The van der Waals surface area contributed by atoms with E-state index in [4.69, 9.17) is 5.11 Å². The molecule has 8 heavy (non-hydrogen) atoms. The Hall–Kier alpha value is -0.310. The van der Waals surface area contributed by atoms with Crippen LogP contribution in [-0.4, -0.2) is 16.3 Å². The standard InChI is InChI=1S/C5H6BrNO/c6-5-4(8)2-1-3-7-5/h2,8H,1,3H2. The van der Waals surface area contributed by atoms with Gasteiger partial charge in [0, 0.05) is 6.54 Å². The molecule has 0 unspecified atom stereocenters. The van der Waals surface area contributed by atoms with Gasteiger partial charge in [-0.3, -0.25) is 4.99 Å². The first kappa shape index (κ1) is 5.82. The van der Waals surface area contributed by atoms with Crippen molar-refractivity contribution in [3.8, 4) is 0 Å². The van der Waals surface area contributed by atoms with E-state index in [1.165, 1.54) is 0 Å². The fraction of sp³-hybridized carbons (Fsp3) is 0.400. The number of aliphatic imine (C=N–C) groups is 1. The number of nitrogens with zero attached hydrogens (tertiary/aromatic N) is 1. The summed E-state index contributed by atoms with van der Waals surface area (Å²) >= 11 is 3.09. The van der Waals surface area contributed by atoms with E-state index in [2.05, 4.69) is 20.9 Å². The Bertz CT molecular complexity index is 133. The predicted molar refractivity (Wildman–Crippen MR) is 36.6 cm³/mol. The van der Waals surface area contributed by atoms with Crippen LogP contribution in [0.4, 0.5) is 0 Å². The molecule has 0 spiro atoms. The molecule has 2 nitrogen and oxygen atoms in total. The smallest absolute Gasteiger partial charge is 0.143 e. The number of halogens is 1. The lowest BCUT2D eigenvalue weighted by molar-refractivity contribution is 0.440. The summed E-state index contributed by atoms with van der Waals surface area (Å²) in [5.74, 6) is 0.260. The van der Waals surface area contributed by atoms with Crippen molar-refractivity contribution in [1.82, 2.24) is 0 Å². The maximum Gasteiger partial charge on any atom is 0.143 e. The molecule has 1 aliphatic rings. The summed E-state index contributed by atoms with van der Waals surface area (Å²) in [5, 5.41) is 8.86. The van der Waals surface area contributed by atoms with Crippen molar-refractivity contribution in [3.05, 3.63) is 11.8 Å². The SMILES string of the molecule is OC1=CCCN=C1Br. The van der Waals surface area contributed by atoms with E-state index in [1.54, 1.807) is 6.08 Å². The lowest BCUT2D eigenvalue weighted by Gasteiger charge is -2.01. The van der Waals surface area contributed by atoms with Crippen LogP contribution >= 0.6 is 15.9 Å². The van der Waals surface area contributed by atoms with Gasteiger partial charge in [0.25, 0.3) is 0 Å². The number of dihydropyridines is 1. The Balaban J connectivity index is 2.73. The summed E-state index contributed by atoms with van der Waals surface area (Å²) < 4.78 is 0.573. The van der Waals surface area contributed by atoms with Crippen LogP contribution in [0, 0.1) is 0 Å². The zero-order valence-electron chi connectivity index (χ0n) is 4.26. The van der Waals surface area contributed by atoms with E-state index < -0.39 is 0 Å². The monoisotopic (exact) mass is 175 g/mol. The Labute approximate surface area is 56.1 Å². The number of hydrogen-bond donors (Lipinski definition) is 1. The molecule has 44 valence electrons. The van der Waals surface area contributed by atoms with Crippen LogP contribution < -0.4 is 0 Å². The number of aliphatic hydroxyl groups excluding tert-OH is 1. The van der Waals surface area contributed by atoms with Crippen LogP contribution in [0.25, 0.3) is 0 Å². The van der Waals surface area contributed by atoms with Crippen molar-refractivity contribution in [3.63, 3.8) is 0 Å². The normalized spacial score (nSPS) is 19.6. The maximum absolute atomic E-state index is 8.86. The second kappa shape index (κ2) is 2.31. The van der Waals surface area contributed by atoms with Crippen LogP contribution in [0.1, 0.15) is 6.42 Å². The van der Waals surface area contributed by atoms with Gasteiger partial charge in [0.15, 0.2) is 0 Å². The van der Waals surface area contributed by atoms with E-state index >= 15 is 0 Å². The molecule has 0 saturated carbocycles. The molecule has 0 amide bonds. The quantitative estimate of drug-likeness (QED) is 0.597. The van der Waals surface area contributed by atoms with E-state index in [9.17, 15) is 0 Å². The zero-order chi connectivity index (χ0) is 5.98. The van der Waals surface area contributed by atoms with Gasteiger partial charge in [0.1, 0.15) is 10.4 Å². The fourth-order valence-electron chi connectivity index (χ4n) is 0.529. The van der Waals surface area contributed by atoms with Gasteiger partial charge in [-0.2, -0.15) is 0 Å². The fourth-order valence-corrected chi connectivity index (χ4v) is 0.868. The molecule has 1 aliphatic heterocycles. The third-order valence-corrected chi connectivity index (χ3v) is 1.59. The molecule has 0 aliphatic carbocycles. The summed E-state index contributed by atoms with van der Waals surface area (Å²) in [6, 6.07) is 0. The summed E-state index contributed by atoms with van der Waals surface area (Å²) in [7, 11) is 0. The van der Waals surface area contributed by atoms with Gasteiger partial charge in [0.2, 0.25) is 0 Å². The van der Waals surface area contributed by atoms with E-state index in [0.717, 1.165) is 13.0 Å². The van der Waals surface area contributed by atoms with Crippen LogP contribution in [0.2, 0.25) is 0 Å². The molecular weight excluding hydrogens is 170 g/mol. The van der Waals surface area contributed by atoms with E-state index in [0.29, 0.717) is 4.62 Å².